The van der Waals surface area contributed by atoms with Gasteiger partial charge in [-0.05, 0) is 108 Å². The summed E-state index contributed by atoms with van der Waals surface area (Å²) in [4.78, 5) is 21.1. The second-order valence-corrected chi connectivity index (χ2v) is 12.2. The normalized spacial score (nSPS) is 15.0. The topological polar surface area (TPSA) is 51.1 Å². The van der Waals surface area contributed by atoms with Crippen LogP contribution in [0.2, 0.25) is 5.02 Å². The zero-order valence-electron chi connectivity index (χ0n) is 24.3. The van der Waals surface area contributed by atoms with Crippen molar-refractivity contribution in [2.75, 3.05) is 11.5 Å². The van der Waals surface area contributed by atoms with Crippen molar-refractivity contribution in [2.45, 2.75) is 40.2 Å². The lowest BCUT2D eigenvalue weighted by Gasteiger charge is -2.16. The van der Waals surface area contributed by atoms with Gasteiger partial charge in [0.05, 0.1) is 22.9 Å². The summed E-state index contributed by atoms with van der Waals surface area (Å²) >= 11 is 11.1. The number of hydrogen-bond donors (Lipinski definition) is 0. The molecule has 1 saturated heterocycles. The van der Waals surface area contributed by atoms with Gasteiger partial charge in [0.1, 0.15) is 6.61 Å². The van der Waals surface area contributed by atoms with Gasteiger partial charge in [-0.2, -0.15) is 0 Å². The SMILES string of the molecule is CCOc1cc(/C=C2\SC(=Nc3ccc(CC)cc3)N(c3ccc(CC)cc3)C2=O)c(Br)cc1OCc1ccc(Cl)cc1. The Morgan fingerprint density at radius 3 is 2.07 bits per heavy atom. The van der Waals surface area contributed by atoms with Gasteiger partial charge in [0.15, 0.2) is 16.7 Å². The van der Waals surface area contributed by atoms with Crippen LogP contribution in [0.25, 0.3) is 6.08 Å². The summed E-state index contributed by atoms with van der Waals surface area (Å²) in [6.07, 6.45) is 3.75. The van der Waals surface area contributed by atoms with Crippen molar-refractivity contribution in [3.05, 3.63) is 122 Å². The predicted octanol–water partition coefficient (Wildman–Crippen LogP) is 10.0. The van der Waals surface area contributed by atoms with E-state index in [1.165, 1.54) is 22.9 Å². The number of ether oxygens (including phenoxy) is 2. The zero-order valence-corrected chi connectivity index (χ0v) is 27.4. The van der Waals surface area contributed by atoms with Crippen molar-refractivity contribution in [2.24, 2.45) is 4.99 Å². The predicted molar refractivity (Wildman–Crippen MR) is 183 cm³/mol. The molecule has 0 spiro atoms. The van der Waals surface area contributed by atoms with Crippen LogP contribution in [0.5, 0.6) is 11.5 Å². The van der Waals surface area contributed by atoms with Crippen molar-refractivity contribution in [1.29, 1.82) is 0 Å². The van der Waals surface area contributed by atoms with E-state index in [2.05, 4.69) is 54.0 Å². The van der Waals surface area contributed by atoms with E-state index >= 15 is 0 Å². The minimum atomic E-state index is -0.133. The molecule has 0 unspecified atom stereocenters. The fourth-order valence-corrected chi connectivity index (χ4v) is 6.05. The third-order valence-electron chi connectivity index (χ3n) is 6.94. The lowest BCUT2D eigenvalue weighted by Crippen LogP contribution is -2.28. The molecular weight excluding hydrogens is 644 g/mol. The van der Waals surface area contributed by atoms with Crippen molar-refractivity contribution >= 4 is 67.8 Å². The summed E-state index contributed by atoms with van der Waals surface area (Å²) < 4.78 is 12.8. The van der Waals surface area contributed by atoms with Crippen molar-refractivity contribution in [1.82, 2.24) is 0 Å². The highest BCUT2D eigenvalue weighted by Gasteiger charge is 2.35. The molecule has 0 aliphatic carbocycles. The number of anilines is 1. The first-order valence-electron chi connectivity index (χ1n) is 14.2. The first kappa shape index (κ1) is 30.9. The summed E-state index contributed by atoms with van der Waals surface area (Å²) in [5.74, 6) is 1.07. The minimum Gasteiger partial charge on any atom is -0.490 e. The average Bonchev–Trinajstić information content (AvgIpc) is 3.32. The molecule has 0 N–H and O–H groups in total. The van der Waals surface area contributed by atoms with Gasteiger partial charge < -0.3 is 9.47 Å². The number of benzene rings is 4. The maximum absolute atomic E-state index is 13.9. The summed E-state index contributed by atoms with van der Waals surface area (Å²) in [7, 11) is 0. The highest BCUT2D eigenvalue weighted by atomic mass is 79.9. The first-order valence-corrected chi connectivity index (χ1v) is 16.2. The Labute approximate surface area is 270 Å². The molecule has 8 heteroatoms. The quantitative estimate of drug-likeness (QED) is 0.157. The molecule has 1 amide bonds. The molecule has 1 fully saturated rings. The Bertz CT molecular complexity index is 1650. The van der Waals surface area contributed by atoms with Gasteiger partial charge in [0.2, 0.25) is 0 Å². The van der Waals surface area contributed by atoms with Crippen LogP contribution in [-0.2, 0) is 24.2 Å². The molecule has 1 aliphatic rings. The number of thioether (sulfide) groups is 1. The van der Waals surface area contributed by atoms with Crippen LogP contribution in [0.3, 0.4) is 0 Å². The second kappa shape index (κ2) is 14.3. The minimum absolute atomic E-state index is 0.133. The lowest BCUT2D eigenvalue weighted by atomic mass is 10.1. The number of amides is 1. The van der Waals surface area contributed by atoms with E-state index in [-0.39, 0.29) is 5.91 Å². The highest BCUT2D eigenvalue weighted by molar-refractivity contribution is 9.10. The summed E-state index contributed by atoms with van der Waals surface area (Å²) in [6, 6.07) is 27.5. The molecule has 43 heavy (non-hydrogen) atoms. The number of hydrogen-bond acceptors (Lipinski definition) is 5. The molecule has 4 aromatic carbocycles. The van der Waals surface area contributed by atoms with Gasteiger partial charge in [-0.3, -0.25) is 9.69 Å². The number of amidine groups is 1. The number of rotatable bonds is 10. The van der Waals surface area contributed by atoms with Crippen LogP contribution in [0.4, 0.5) is 11.4 Å². The van der Waals surface area contributed by atoms with E-state index in [4.69, 9.17) is 26.1 Å². The first-order chi connectivity index (χ1) is 20.9. The van der Waals surface area contributed by atoms with Crippen LogP contribution < -0.4 is 14.4 Å². The van der Waals surface area contributed by atoms with Crippen LogP contribution in [0.1, 0.15) is 43.0 Å². The average molecular weight is 676 g/mol. The van der Waals surface area contributed by atoms with Gasteiger partial charge in [-0.25, -0.2) is 4.99 Å². The molecule has 0 atom stereocenters. The van der Waals surface area contributed by atoms with Gasteiger partial charge in [0, 0.05) is 9.50 Å². The van der Waals surface area contributed by atoms with E-state index in [0.29, 0.717) is 39.8 Å². The van der Waals surface area contributed by atoms with Crippen molar-refractivity contribution < 1.29 is 14.3 Å². The summed E-state index contributed by atoms with van der Waals surface area (Å²) in [5.41, 5.74) is 5.81. The molecule has 0 saturated carbocycles. The molecule has 1 heterocycles. The monoisotopic (exact) mass is 674 g/mol. The fraction of sp³-hybridized carbons (Fsp3) is 0.200. The van der Waals surface area contributed by atoms with Gasteiger partial charge >= 0.3 is 0 Å². The largest absolute Gasteiger partial charge is 0.490 e. The number of aryl methyl sites for hydroxylation is 2. The fourth-order valence-electron chi connectivity index (χ4n) is 4.50. The van der Waals surface area contributed by atoms with Crippen molar-refractivity contribution in [3.8, 4) is 11.5 Å². The number of carbonyl (C=O) groups is 1. The van der Waals surface area contributed by atoms with Crippen molar-refractivity contribution in [3.63, 3.8) is 0 Å². The standard InChI is InChI=1S/C35H32BrClN2O3S/c1-4-23-9-15-28(16-10-23)38-35-39(29-17-11-24(5-2)12-18-29)34(40)33(43-35)20-26-19-31(41-6-3)32(21-30(26)36)42-22-25-7-13-27(37)14-8-25/h7-21H,4-6,22H2,1-3H3/b33-20-,38-35?. The molecule has 5 rings (SSSR count). The summed E-state index contributed by atoms with van der Waals surface area (Å²) in [6.45, 7) is 7.00. The van der Waals surface area contributed by atoms with Crippen LogP contribution in [0.15, 0.2) is 99.3 Å². The number of aliphatic imine (C=N–C) groups is 1. The Kier molecular flexibility index (Phi) is 10.3. The van der Waals surface area contributed by atoms with E-state index in [1.54, 1.807) is 4.90 Å². The second-order valence-electron chi connectivity index (χ2n) is 9.85. The van der Waals surface area contributed by atoms with Crippen LogP contribution >= 0.6 is 39.3 Å². The Morgan fingerprint density at radius 2 is 1.44 bits per heavy atom. The van der Waals surface area contributed by atoms with E-state index in [0.717, 1.165) is 39.8 Å². The molecule has 0 bridgehead atoms. The summed E-state index contributed by atoms with van der Waals surface area (Å²) in [5, 5.41) is 1.28. The Hall–Kier alpha value is -3.52. The smallest absolute Gasteiger partial charge is 0.271 e. The maximum atomic E-state index is 13.9. The van der Waals surface area contributed by atoms with Gasteiger partial charge in [-0.15, -0.1) is 0 Å². The number of carbonyl (C=O) groups excluding carboxylic acids is 1. The van der Waals surface area contributed by atoms with Gasteiger partial charge in [-0.1, -0.05) is 77.8 Å². The Balaban J connectivity index is 1.48. The van der Waals surface area contributed by atoms with E-state index in [9.17, 15) is 4.79 Å². The molecule has 0 radical (unpaired) electrons. The zero-order chi connectivity index (χ0) is 30.3. The van der Waals surface area contributed by atoms with E-state index in [1.807, 2.05) is 73.7 Å². The highest BCUT2D eigenvalue weighted by Crippen LogP contribution is 2.40. The third kappa shape index (κ3) is 7.53. The van der Waals surface area contributed by atoms with Gasteiger partial charge in [0.25, 0.3) is 5.91 Å². The van der Waals surface area contributed by atoms with Crippen LogP contribution in [-0.4, -0.2) is 17.7 Å². The molecule has 4 aromatic rings. The maximum Gasteiger partial charge on any atom is 0.271 e. The number of halogens is 2. The lowest BCUT2D eigenvalue weighted by molar-refractivity contribution is -0.113. The Morgan fingerprint density at radius 1 is 0.837 bits per heavy atom. The van der Waals surface area contributed by atoms with E-state index < -0.39 is 0 Å². The van der Waals surface area contributed by atoms with Crippen LogP contribution in [0, 0.1) is 0 Å². The molecule has 1 aliphatic heterocycles. The molecular formula is C35H32BrClN2O3S. The molecule has 5 nitrogen and oxygen atoms in total. The molecule has 0 aromatic heterocycles. The third-order valence-corrected chi connectivity index (χ3v) is 8.84. The number of nitrogens with zero attached hydrogens (tertiary/aromatic N) is 2. The molecule has 220 valence electrons.